The number of carbonyl (C=O) groups excluding carboxylic acids is 4. The molecule has 0 fully saturated rings. The van der Waals surface area contributed by atoms with Crippen LogP contribution in [0.5, 0.6) is 11.5 Å². The summed E-state index contributed by atoms with van der Waals surface area (Å²) in [4.78, 5) is 46.2. The average Bonchev–Trinajstić information content (AvgIpc) is 2.59. The Morgan fingerprint density at radius 3 is 2.04 bits per heavy atom. The number of Topliss-reactive ketones (excluding diaryl/α,β-unsaturated/α-hetero) is 1. The van der Waals surface area contributed by atoms with E-state index in [9.17, 15) is 19.2 Å². The van der Waals surface area contributed by atoms with Crippen LogP contribution in [0.25, 0.3) is 0 Å². The van der Waals surface area contributed by atoms with Crippen molar-refractivity contribution in [2.75, 3.05) is 6.61 Å². The highest BCUT2D eigenvalue weighted by Crippen LogP contribution is 2.19. The van der Waals surface area contributed by atoms with Crippen molar-refractivity contribution >= 4 is 23.7 Å². The Labute approximate surface area is 149 Å². The fraction of sp³-hybridized carbons (Fsp3) is 0.158. The van der Waals surface area contributed by atoms with Crippen molar-refractivity contribution in [2.24, 2.45) is 0 Å². The topological polar surface area (TPSA) is 96.0 Å². The minimum absolute atomic E-state index is 0.0423. The number of rotatable bonds is 6. The van der Waals surface area contributed by atoms with E-state index in [4.69, 9.17) is 14.2 Å². The third-order valence-corrected chi connectivity index (χ3v) is 3.13. The summed E-state index contributed by atoms with van der Waals surface area (Å²) >= 11 is 0. The summed E-state index contributed by atoms with van der Waals surface area (Å²) in [6.45, 7) is 2.00. The van der Waals surface area contributed by atoms with Gasteiger partial charge in [-0.25, -0.2) is 4.79 Å². The largest absolute Gasteiger partial charge is 0.454 e. The molecule has 0 aliphatic rings. The molecular weight excluding hydrogens is 340 g/mol. The molecule has 0 heterocycles. The van der Waals surface area contributed by atoms with Gasteiger partial charge in [-0.2, -0.15) is 0 Å². The van der Waals surface area contributed by atoms with Crippen LogP contribution < -0.4 is 9.47 Å². The highest BCUT2D eigenvalue weighted by Gasteiger charge is 2.17. The number of carbonyl (C=O) groups is 4. The van der Waals surface area contributed by atoms with E-state index >= 15 is 0 Å². The molecule has 2 rings (SSSR count). The van der Waals surface area contributed by atoms with E-state index in [1.807, 2.05) is 0 Å². The van der Waals surface area contributed by atoms with E-state index < -0.39 is 30.3 Å². The van der Waals surface area contributed by atoms with E-state index in [0.29, 0.717) is 11.3 Å². The Hall–Kier alpha value is -3.48. The minimum atomic E-state index is -0.785. The van der Waals surface area contributed by atoms with Crippen LogP contribution in [0, 0.1) is 0 Å². The summed E-state index contributed by atoms with van der Waals surface area (Å²) in [7, 11) is 0. The zero-order chi connectivity index (χ0) is 19.1. The molecule has 0 aliphatic carbocycles. The quantitative estimate of drug-likeness (QED) is 0.446. The third-order valence-electron chi connectivity index (χ3n) is 3.13. The first-order valence-corrected chi connectivity index (χ1v) is 7.63. The Kier molecular flexibility index (Phi) is 6.21. The van der Waals surface area contributed by atoms with Crippen molar-refractivity contribution in [1.82, 2.24) is 0 Å². The van der Waals surface area contributed by atoms with Gasteiger partial charge in [-0.15, -0.1) is 0 Å². The zero-order valence-electron chi connectivity index (χ0n) is 14.2. The number of esters is 3. The van der Waals surface area contributed by atoms with Gasteiger partial charge in [0.25, 0.3) is 0 Å². The first-order chi connectivity index (χ1) is 12.4. The van der Waals surface area contributed by atoms with Crippen molar-refractivity contribution in [2.45, 2.75) is 13.8 Å². The zero-order valence-corrected chi connectivity index (χ0v) is 14.2. The smallest absolute Gasteiger partial charge is 0.342 e. The number of para-hydroxylation sites is 1. The standard InChI is InChI=1S/C19H16O7/c1-12(20)25-15-9-7-14(8-10-15)17(22)11-24-19(23)16-5-3-4-6-18(16)26-13(2)21/h3-10H,11H2,1-2H3. The van der Waals surface area contributed by atoms with Crippen molar-refractivity contribution < 1.29 is 33.4 Å². The summed E-state index contributed by atoms with van der Waals surface area (Å²) < 4.78 is 14.8. The molecule has 7 nitrogen and oxygen atoms in total. The molecular formula is C19H16O7. The van der Waals surface area contributed by atoms with Crippen molar-refractivity contribution in [3.63, 3.8) is 0 Å². The summed E-state index contributed by atoms with van der Waals surface area (Å²) in [5.41, 5.74) is 0.336. The van der Waals surface area contributed by atoms with Crippen LogP contribution in [-0.4, -0.2) is 30.3 Å². The van der Waals surface area contributed by atoms with Gasteiger partial charge in [0, 0.05) is 19.4 Å². The van der Waals surface area contributed by atoms with Crippen molar-refractivity contribution in [3.05, 3.63) is 59.7 Å². The molecule has 0 aliphatic heterocycles. The lowest BCUT2D eigenvalue weighted by atomic mass is 10.1. The van der Waals surface area contributed by atoms with Gasteiger partial charge in [0.1, 0.15) is 17.1 Å². The second kappa shape index (κ2) is 8.57. The van der Waals surface area contributed by atoms with Gasteiger partial charge >= 0.3 is 17.9 Å². The number of ketones is 1. The maximum absolute atomic E-state index is 12.1. The number of hydrogen-bond acceptors (Lipinski definition) is 7. The number of hydrogen-bond donors (Lipinski definition) is 0. The molecule has 0 amide bonds. The van der Waals surface area contributed by atoms with Gasteiger partial charge in [-0.1, -0.05) is 12.1 Å². The maximum atomic E-state index is 12.1. The molecule has 2 aromatic rings. The summed E-state index contributed by atoms with van der Waals surface area (Å²) in [5.74, 6) is -1.90. The molecule has 0 N–H and O–H groups in total. The fourth-order valence-corrected chi connectivity index (χ4v) is 2.05. The van der Waals surface area contributed by atoms with Crippen LogP contribution >= 0.6 is 0 Å². The SMILES string of the molecule is CC(=O)Oc1ccc(C(=O)COC(=O)c2ccccc2OC(C)=O)cc1. The second-order valence-electron chi connectivity index (χ2n) is 5.21. The van der Waals surface area contributed by atoms with Crippen LogP contribution in [-0.2, 0) is 14.3 Å². The molecule has 0 saturated heterocycles. The van der Waals surface area contributed by atoms with Crippen LogP contribution in [0.2, 0.25) is 0 Å². The van der Waals surface area contributed by atoms with Crippen molar-refractivity contribution in [3.8, 4) is 11.5 Å². The Morgan fingerprint density at radius 1 is 0.808 bits per heavy atom. The number of ether oxygens (including phenoxy) is 3. The average molecular weight is 356 g/mol. The summed E-state index contributed by atoms with van der Waals surface area (Å²) in [6.07, 6.45) is 0. The predicted molar refractivity (Wildman–Crippen MR) is 90.1 cm³/mol. The first kappa shape index (κ1) is 18.9. The van der Waals surface area contributed by atoms with Gasteiger partial charge in [-0.3, -0.25) is 14.4 Å². The molecule has 0 radical (unpaired) electrons. The fourth-order valence-electron chi connectivity index (χ4n) is 2.05. The van der Waals surface area contributed by atoms with Crippen LogP contribution in [0.3, 0.4) is 0 Å². The van der Waals surface area contributed by atoms with Gasteiger partial charge in [-0.05, 0) is 36.4 Å². The lowest BCUT2D eigenvalue weighted by molar-refractivity contribution is -0.132. The molecule has 0 unspecified atom stereocenters. The predicted octanol–water partition coefficient (Wildman–Crippen LogP) is 2.58. The van der Waals surface area contributed by atoms with Crippen LogP contribution in [0.4, 0.5) is 0 Å². The molecule has 7 heteroatoms. The molecule has 134 valence electrons. The number of benzene rings is 2. The lowest BCUT2D eigenvalue weighted by Gasteiger charge is -2.09. The van der Waals surface area contributed by atoms with Crippen molar-refractivity contribution in [1.29, 1.82) is 0 Å². The van der Waals surface area contributed by atoms with Gasteiger partial charge in [0.2, 0.25) is 0 Å². The lowest BCUT2D eigenvalue weighted by Crippen LogP contribution is -2.15. The monoisotopic (exact) mass is 356 g/mol. The van der Waals surface area contributed by atoms with E-state index in [1.165, 1.54) is 50.2 Å². The molecule has 0 bridgehead atoms. The normalized spacial score (nSPS) is 9.92. The van der Waals surface area contributed by atoms with E-state index in [0.717, 1.165) is 0 Å². The van der Waals surface area contributed by atoms with E-state index in [1.54, 1.807) is 12.1 Å². The maximum Gasteiger partial charge on any atom is 0.342 e. The minimum Gasteiger partial charge on any atom is -0.454 e. The summed E-state index contributed by atoms with van der Waals surface area (Å²) in [6, 6.07) is 11.9. The molecule has 0 saturated carbocycles. The van der Waals surface area contributed by atoms with Gasteiger partial charge < -0.3 is 14.2 Å². The Balaban J connectivity index is 2.00. The van der Waals surface area contributed by atoms with Gasteiger partial charge in [0.05, 0.1) is 0 Å². The molecule has 26 heavy (non-hydrogen) atoms. The highest BCUT2D eigenvalue weighted by molar-refractivity contribution is 6.00. The first-order valence-electron chi connectivity index (χ1n) is 7.63. The highest BCUT2D eigenvalue weighted by atomic mass is 16.6. The Bertz CT molecular complexity index is 837. The van der Waals surface area contributed by atoms with E-state index in [2.05, 4.69) is 0 Å². The van der Waals surface area contributed by atoms with Crippen LogP contribution in [0.15, 0.2) is 48.5 Å². The Morgan fingerprint density at radius 2 is 1.42 bits per heavy atom. The molecule has 0 spiro atoms. The third kappa shape index (κ3) is 5.27. The van der Waals surface area contributed by atoms with Gasteiger partial charge in [0.15, 0.2) is 12.4 Å². The molecule has 2 aromatic carbocycles. The second-order valence-corrected chi connectivity index (χ2v) is 5.21. The molecule has 0 atom stereocenters. The van der Waals surface area contributed by atoms with Crippen LogP contribution in [0.1, 0.15) is 34.6 Å². The summed E-state index contributed by atoms with van der Waals surface area (Å²) in [5, 5.41) is 0. The molecule has 0 aromatic heterocycles. The van der Waals surface area contributed by atoms with E-state index in [-0.39, 0.29) is 11.3 Å².